The molecule has 0 amide bonds. The molecule has 5 heteroatoms. The Morgan fingerprint density at radius 2 is 1.92 bits per heavy atom. The van der Waals surface area contributed by atoms with Gasteiger partial charge in [0.1, 0.15) is 17.0 Å². The van der Waals surface area contributed by atoms with Crippen molar-refractivity contribution in [2.45, 2.75) is 19.9 Å². The number of hydrogen-bond acceptors (Lipinski definition) is 3. The van der Waals surface area contributed by atoms with E-state index in [9.17, 15) is 0 Å². The highest BCUT2D eigenvalue weighted by Crippen LogP contribution is 2.33. The van der Waals surface area contributed by atoms with Gasteiger partial charge in [-0.15, -0.1) is 0 Å². The van der Waals surface area contributed by atoms with E-state index in [1.807, 2.05) is 18.3 Å². The first-order valence-corrected chi connectivity index (χ1v) is 8.90. The fourth-order valence-electron chi connectivity index (χ4n) is 2.90. The van der Waals surface area contributed by atoms with E-state index in [1.54, 1.807) is 0 Å². The Bertz CT molecular complexity index is 1000. The Labute approximate surface area is 148 Å². The third-order valence-electron chi connectivity index (χ3n) is 4.09. The second-order valence-corrected chi connectivity index (χ2v) is 6.79. The summed E-state index contributed by atoms with van der Waals surface area (Å²) in [7, 11) is 0. The van der Waals surface area contributed by atoms with Crippen molar-refractivity contribution in [3.63, 3.8) is 0 Å². The van der Waals surface area contributed by atoms with Crippen LogP contribution in [0.4, 0.5) is 0 Å². The Morgan fingerprint density at radius 1 is 1.12 bits per heavy atom. The second kappa shape index (κ2) is 6.42. The van der Waals surface area contributed by atoms with E-state index in [1.165, 1.54) is 0 Å². The van der Waals surface area contributed by atoms with Crippen LogP contribution < -0.4 is 5.32 Å². The van der Waals surface area contributed by atoms with Crippen LogP contribution in [0.1, 0.15) is 19.2 Å². The van der Waals surface area contributed by atoms with E-state index < -0.39 is 0 Å². The fraction of sp³-hybridized carbons (Fsp3) is 0.211. The predicted octanol–water partition coefficient (Wildman–Crippen LogP) is 5.24. The molecule has 2 aromatic heterocycles. The van der Waals surface area contributed by atoms with Crippen molar-refractivity contribution < 1.29 is 4.42 Å². The maximum atomic E-state index is 6.01. The quantitative estimate of drug-likeness (QED) is 0.463. The number of furan rings is 1. The second-order valence-electron chi connectivity index (χ2n) is 5.87. The third-order valence-corrected chi connectivity index (χ3v) is 4.59. The Morgan fingerprint density at radius 3 is 2.75 bits per heavy atom. The zero-order chi connectivity index (χ0) is 16.5. The number of halogens is 1. The predicted molar refractivity (Wildman–Crippen MR) is 101 cm³/mol. The summed E-state index contributed by atoms with van der Waals surface area (Å²) >= 11 is 3.49. The standard InChI is InChI=1S/C19H18BrN3O/c1-2-7-21-11-19-22-10-16(23-19)12-3-5-14-15-6-4-13(20)9-18(15)24-17(14)8-12/h3-6,8-10,21H,2,7,11H2,1H3,(H,22,23). The summed E-state index contributed by atoms with van der Waals surface area (Å²) in [4.78, 5) is 7.82. The molecule has 0 atom stereocenters. The molecular weight excluding hydrogens is 366 g/mol. The zero-order valence-corrected chi connectivity index (χ0v) is 15.0. The summed E-state index contributed by atoms with van der Waals surface area (Å²) in [6.07, 6.45) is 3.00. The number of nitrogens with one attached hydrogen (secondary N) is 2. The first-order valence-electron chi connectivity index (χ1n) is 8.11. The number of imidazole rings is 1. The maximum absolute atomic E-state index is 6.01. The SMILES string of the molecule is CCCNCc1ncc(-c2ccc3c(c2)oc2cc(Br)ccc23)[nH]1. The van der Waals surface area contributed by atoms with E-state index in [0.29, 0.717) is 0 Å². The van der Waals surface area contributed by atoms with Crippen LogP contribution >= 0.6 is 15.9 Å². The van der Waals surface area contributed by atoms with Gasteiger partial charge in [0.15, 0.2) is 0 Å². The molecule has 2 heterocycles. The molecule has 4 rings (SSSR count). The molecule has 0 aliphatic carbocycles. The summed E-state index contributed by atoms with van der Waals surface area (Å²) in [5.41, 5.74) is 3.87. The highest BCUT2D eigenvalue weighted by Gasteiger charge is 2.10. The van der Waals surface area contributed by atoms with Gasteiger partial charge >= 0.3 is 0 Å². The number of rotatable bonds is 5. The van der Waals surface area contributed by atoms with Crippen molar-refractivity contribution in [1.82, 2.24) is 15.3 Å². The van der Waals surface area contributed by atoms with Crippen LogP contribution in [0.5, 0.6) is 0 Å². The van der Waals surface area contributed by atoms with E-state index in [2.05, 4.69) is 62.4 Å². The molecule has 0 aliphatic heterocycles. The summed E-state index contributed by atoms with van der Waals surface area (Å²) in [6, 6.07) is 12.4. The van der Waals surface area contributed by atoms with E-state index in [0.717, 1.165) is 63.0 Å². The highest BCUT2D eigenvalue weighted by molar-refractivity contribution is 9.10. The lowest BCUT2D eigenvalue weighted by molar-refractivity contribution is 0.655. The summed E-state index contributed by atoms with van der Waals surface area (Å²) in [5.74, 6) is 0.951. The number of nitrogens with zero attached hydrogens (tertiary/aromatic N) is 1. The van der Waals surface area contributed by atoms with Gasteiger partial charge in [-0.3, -0.25) is 0 Å². The number of H-pyrrole nitrogens is 1. The maximum Gasteiger partial charge on any atom is 0.136 e. The van der Waals surface area contributed by atoms with Crippen molar-refractivity contribution in [2.75, 3.05) is 6.54 Å². The number of aromatic nitrogens is 2. The molecule has 0 unspecified atom stereocenters. The smallest absolute Gasteiger partial charge is 0.136 e. The van der Waals surface area contributed by atoms with E-state index in [-0.39, 0.29) is 0 Å². The minimum atomic E-state index is 0.759. The van der Waals surface area contributed by atoms with Gasteiger partial charge in [-0.05, 0) is 43.3 Å². The van der Waals surface area contributed by atoms with Crippen molar-refractivity contribution in [3.05, 3.63) is 52.9 Å². The van der Waals surface area contributed by atoms with E-state index in [4.69, 9.17) is 4.42 Å². The lowest BCUT2D eigenvalue weighted by Crippen LogP contribution is -2.14. The molecule has 2 N–H and O–H groups in total. The van der Waals surface area contributed by atoms with Gasteiger partial charge in [-0.1, -0.05) is 28.9 Å². The zero-order valence-electron chi connectivity index (χ0n) is 13.4. The van der Waals surface area contributed by atoms with Gasteiger partial charge in [0.25, 0.3) is 0 Å². The molecule has 2 aromatic carbocycles. The van der Waals surface area contributed by atoms with Crippen LogP contribution in [0, 0.1) is 0 Å². The van der Waals surface area contributed by atoms with Crippen LogP contribution in [0.15, 0.2) is 51.5 Å². The topological polar surface area (TPSA) is 53.9 Å². The minimum Gasteiger partial charge on any atom is -0.456 e. The Hall–Kier alpha value is -2.11. The molecule has 0 radical (unpaired) electrons. The molecule has 0 bridgehead atoms. The first kappa shape index (κ1) is 15.4. The Kier molecular flexibility index (Phi) is 4.12. The van der Waals surface area contributed by atoms with Crippen LogP contribution in [-0.2, 0) is 6.54 Å². The molecule has 0 aliphatic rings. The average Bonchev–Trinajstić information content (AvgIpc) is 3.18. The van der Waals surface area contributed by atoms with Gasteiger partial charge in [0.2, 0.25) is 0 Å². The summed E-state index contributed by atoms with van der Waals surface area (Å²) in [5, 5.41) is 5.62. The van der Waals surface area contributed by atoms with Crippen LogP contribution in [0.2, 0.25) is 0 Å². The molecule has 0 spiro atoms. The van der Waals surface area contributed by atoms with Crippen molar-refractivity contribution in [3.8, 4) is 11.3 Å². The normalized spacial score (nSPS) is 11.6. The van der Waals surface area contributed by atoms with Gasteiger partial charge in [-0.2, -0.15) is 0 Å². The molecule has 4 aromatic rings. The molecule has 24 heavy (non-hydrogen) atoms. The van der Waals surface area contributed by atoms with E-state index >= 15 is 0 Å². The minimum absolute atomic E-state index is 0.759. The Balaban J connectivity index is 1.68. The molecular formula is C19H18BrN3O. The number of hydrogen-bond donors (Lipinski definition) is 2. The van der Waals surface area contributed by atoms with Crippen molar-refractivity contribution in [1.29, 1.82) is 0 Å². The molecule has 0 fully saturated rings. The number of aromatic amines is 1. The third kappa shape index (κ3) is 2.85. The highest BCUT2D eigenvalue weighted by atomic mass is 79.9. The van der Waals surface area contributed by atoms with Crippen LogP contribution in [0.3, 0.4) is 0 Å². The lowest BCUT2D eigenvalue weighted by atomic mass is 10.1. The van der Waals surface area contributed by atoms with Gasteiger partial charge in [0, 0.05) is 20.8 Å². The molecule has 0 saturated heterocycles. The monoisotopic (exact) mass is 383 g/mol. The fourth-order valence-corrected chi connectivity index (χ4v) is 3.24. The summed E-state index contributed by atoms with van der Waals surface area (Å²) in [6.45, 7) is 3.91. The average molecular weight is 384 g/mol. The van der Waals surface area contributed by atoms with Crippen LogP contribution in [0.25, 0.3) is 33.2 Å². The van der Waals surface area contributed by atoms with Crippen molar-refractivity contribution in [2.24, 2.45) is 0 Å². The van der Waals surface area contributed by atoms with Gasteiger partial charge in [-0.25, -0.2) is 4.98 Å². The largest absolute Gasteiger partial charge is 0.456 e. The van der Waals surface area contributed by atoms with Crippen LogP contribution in [-0.4, -0.2) is 16.5 Å². The summed E-state index contributed by atoms with van der Waals surface area (Å²) < 4.78 is 7.03. The molecule has 0 saturated carbocycles. The number of fused-ring (bicyclic) bond motifs is 3. The first-order chi connectivity index (χ1) is 11.7. The molecule has 122 valence electrons. The lowest BCUT2D eigenvalue weighted by Gasteiger charge is -2.00. The number of benzene rings is 2. The van der Waals surface area contributed by atoms with Gasteiger partial charge in [0.05, 0.1) is 18.4 Å². The van der Waals surface area contributed by atoms with Crippen molar-refractivity contribution >= 4 is 37.9 Å². The van der Waals surface area contributed by atoms with Gasteiger partial charge < -0.3 is 14.7 Å². The molecule has 4 nitrogen and oxygen atoms in total.